The van der Waals surface area contributed by atoms with Gasteiger partial charge in [-0.2, -0.15) is 0 Å². The van der Waals surface area contributed by atoms with E-state index in [0.717, 1.165) is 0 Å². The fraction of sp³-hybridized carbons (Fsp3) is 0.500. The Balaban J connectivity index is 3.29. The molecule has 5 nitrogen and oxygen atoms in total. The van der Waals surface area contributed by atoms with Gasteiger partial charge in [0.1, 0.15) is 22.8 Å². The first-order valence-electron chi connectivity index (χ1n) is 6.36. The lowest BCUT2D eigenvalue weighted by Gasteiger charge is -2.15. The monoisotopic (exact) mass is 267 g/mol. The molecule has 0 unspecified atom stereocenters. The van der Waals surface area contributed by atoms with Crippen LogP contribution in [0.15, 0.2) is 6.07 Å². The predicted octanol–water partition coefficient (Wildman–Crippen LogP) is 1.85. The Hall–Kier alpha value is -1.75. The fourth-order valence-electron chi connectivity index (χ4n) is 1.95. The summed E-state index contributed by atoms with van der Waals surface area (Å²) in [6.45, 7) is 2.48. The van der Waals surface area contributed by atoms with E-state index in [1.807, 2.05) is 6.92 Å². The minimum atomic E-state index is -0.178. The van der Waals surface area contributed by atoms with Crippen molar-refractivity contribution in [3.8, 4) is 17.2 Å². The van der Waals surface area contributed by atoms with Crippen molar-refractivity contribution in [2.75, 3.05) is 20.7 Å². The first-order valence-corrected chi connectivity index (χ1v) is 6.36. The number of methoxy groups -OCH3 is 1. The van der Waals surface area contributed by atoms with Crippen LogP contribution >= 0.6 is 0 Å². The summed E-state index contributed by atoms with van der Waals surface area (Å²) in [5, 5.41) is 23.0. The number of Topliss-reactive ketones (excluding diaryl/α,β-unsaturated/α-hetero) is 1. The Morgan fingerprint density at radius 2 is 2.11 bits per heavy atom. The number of phenolic OH excluding ortho intramolecular Hbond substituents is 2. The quantitative estimate of drug-likeness (QED) is 0.657. The smallest absolute Gasteiger partial charge is 0.170 e. The van der Waals surface area contributed by atoms with Crippen LogP contribution in [0.5, 0.6) is 17.2 Å². The van der Waals surface area contributed by atoms with E-state index in [1.54, 1.807) is 7.05 Å². The molecule has 0 saturated carbocycles. The van der Waals surface area contributed by atoms with E-state index in [1.165, 1.54) is 13.2 Å². The number of carbonyl (C=O) groups excluding carboxylic acids is 1. The summed E-state index contributed by atoms with van der Waals surface area (Å²) < 4.78 is 5.08. The Labute approximate surface area is 113 Å². The Morgan fingerprint density at radius 1 is 1.42 bits per heavy atom. The van der Waals surface area contributed by atoms with Crippen LogP contribution in [-0.4, -0.2) is 36.7 Å². The highest BCUT2D eigenvalue weighted by Crippen LogP contribution is 2.38. The number of aromatic hydroxyl groups is 2. The molecule has 3 N–H and O–H groups in total. The van der Waals surface area contributed by atoms with Crippen molar-refractivity contribution in [1.29, 1.82) is 0 Å². The second kappa shape index (κ2) is 6.99. The van der Waals surface area contributed by atoms with Gasteiger partial charge in [-0.15, -0.1) is 0 Å². The van der Waals surface area contributed by atoms with Gasteiger partial charge in [-0.05, 0) is 26.4 Å². The van der Waals surface area contributed by atoms with Crippen LogP contribution in [0.2, 0.25) is 0 Å². The Morgan fingerprint density at radius 3 is 2.63 bits per heavy atom. The molecule has 0 heterocycles. The molecule has 1 aromatic carbocycles. The second-order valence-corrected chi connectivity index (χ2v) is 4.33. The van der Waals surface area contributed by atoms with Crippen LogP contribution in [0.25, 0.3) is 0 Å². The van der Waals surface area contributed by atoms with E-state index >= 15 is 0 Å². The van der Waals surface area contributed by atoms with Gasteiger partial charge < -0.3 is 20.3 Å². The maximum absolute atomic E-state index is 12.0. The molecular weight excluding hydrogens is 246 g/mol. The molecule has 1 aromatic rings. The van der Waals surface area contributed by atoms with Crippen molar-refractivity contribution in [1.82, 2.24) is 5.32 Å². The molecule has 0 aliphatic carbocycles. The average Bonchev–Trinajstić information content (AvgIpc) is 2.37. The molecular formula is C14H21NO4. The van der Waals surface area contributed by atoms with Crippen LogP contribution in [0, 0.1) is 0 Å². The lowest BCUT2D eigenvalue weighted by atomic mass is 9.98. The van der Waals surface area contributed by atoms with Gasteiger partial charge in [-0.3, -0.25) is 4.79 Å². The maximum Gasteiger partial charge on any atom is 0.170 e. The topological polar surface area (TPSA) is 78.8 Å². The molecule has 5 heteroatoms. The van der Waals surface area contributed by atoms with Crippen LogP contribution in [0.3, 0.4) is 0 Å². The van der Waals surface area contributed by atoms with Crippen molar-refractivity contribution < 1.29 is 19.7 Å². The number of likely N-dealkylation sites (N-methyl/N-ethyl adjacent to an activating group) is 1. The summed E-state index contributed by atoms with van der Waals surface area (Å²) >= 11 is 0. The number of rotatable bonds is 7. The molecule has 0 amide bonds. The van der Waals surface area contributed by atoms with Crippen LogP contribution in [0.4, 0.5) is 0 Å². The Bertz CT molecular complexity index is 457. The van der Waals surface area contributed by atoms with Crippen molar-refractivity contribution in [3.63, 3.8) is 0 Å². The molecule has 0 aromatic heterocycles. The Kier molecular flexibility index (Phi) is 5.63. The lowest BCUT2D eigenvalue weighted by molar-refractivity contribution is 0.0976. The fourth-order valence-corrected chi connectivity index (χ4v) is 1.95. The minimum Gasteiger partial charge on any atom is -0.507 e. The number of nitrogens with one attached hydrogen (secondary N) is 1. The largest absolute Gasteiger partial charge is 0.507 e. The second-order valence-electron chi connectivity index (χ2n) is 4.33. The molecule has 0 spiro atoms. The van der Waals surface area contributed by atoms with Gasteiger partial charge >= 0.3 is 0 Å². The van der Waals surface area contributed by atoms with Crippen LogP contribution in [-0.2, 0) is 6.42 Å². The number of phenols is 2. The van der Waals surface area contributed by atoms with Crippen molar-refractivity contribution in [3.05, 3.63) is 17.2 Å². The zero-order valence-corrected chi connectivity index (χ0v) is 11.6. The van der Waals surface area contributed by atoms with Gasteiger partial charge in [0.05, 0.1) is 7.11 Å². The summed E-state index contributed by atoms with van der Waals surface area (Å²) in [6.07, 6.45) is 1.46. The number of ketones is 1. The van der Waals surface area contributed by atoms with E-state index in [4.69, 9.17) is 4.74 Å². The third-order valence-electron chi connectivity index (χ3n) is 2.95. The average molecular weight is 267 g/mol. The van der Waals surface area contributed by atoms with Crippen LogP contribution in [0.1, 0.15) is 35.7 Å². The van der Waals surface area contributed by atoms with E-state index in [0.29, 0.717) is 31.4 Å². The summed E-state index contributed by atoms with van der Waals surface area (Å²) in [4.78, 5) is 12.0. The summed E-state index contributed by atoms with van der Waals surface area (Å²) in [5.41, 5.74) is 0.530. The third-order valence-corrected chi connectivity index (χ3v) is 2.95. The number of hydrogen-bond acceptors (Lipinski definition) is 5. The summed E-state index contributed by atoms with van der Waals surface area (Å²) in [6, 6.07) is 1.38. The van der Waals surface area contributed by atoms with Crippen molar-refractivity contribution >= 4 is 5.78 Å². The minimum absolute atomic E-state index is 0.0577. The third kappa shape index (κ3) is 3.38. The zero-order valence-electron chi connectivity index (χ0n) is 11.6. The lowest BCUT2D eigenvalue weighted by Crippen LogP contribution is -2.12. The standard InChI is InChI=1S/C14H21NO4/c1-4-5-10(16)13-12(19-3)8-11(17)9(14(13)18)6-7-15-2/h8,15,17-18H,4-7H2,1-3H3. The molecule has 0 bridgehead atoms. The molecule has 106 valence electrons. The van der Waals surface area contributed by atoms with Gasteiger partial charge in [-0.1, -0.05) is 6.92 Å². The molecule has 0 radical (unpaired) electrons. The first-order chi connectivity index (χ1) is 9.06. The summed E-state index contributed by atoms with van der Waals surface area (Å²) in [5.74, 6) is -0.201. The maximum atomic E-state index is 12.0. The number of carbonyl (C=O) groups is 1. The molecule has 0 aliphatic rings. The summed E-state index contributed by atoms with van der Waals surface area (Å²) in [7, 11) is 3.19. The van der Waals surface area contributed by atoms with Gasteiger partial charge in [0.15, 0.2) is 5.78 Å². The van der Waals surface area contributed by atoms with Crippen molar-refractivity contribution in [2.24, 2.45) is 0 Å². The number of ether oxygens (including phenoxy) is 1. The normalized spacial score (nSPS) is 10.5. The predicted molar refractivity (Wildman–Crippen MR) is 73.2 cm³/mol. The number of hydrogen-bond donors (Lipinski definition) is 3. The molecule has 0 saturated heterocycles. The molecule has 0 aliphatic heterocycles. The van der Waals surface area contributed by atoms with Gasteiger partial charge in [0.2, 0.25) is 0 Å². The highest BCUT2D eigenvalue weighted by molar-refractivity contribution is 6.02. The molecule has 0 fully saturated rings. The van der Waals surface area contributed by atoms with Gasteiger partial charge in [0.25, 0.3) is 0 Å². The zero-order chi connectivity index (χ0) is 14.4. The van der Waals surface area contributed by atoms with E-state index in [2.05, 4.69) is 5.32 Å². The first kappa shape index (κ1) is 15.3. The van der Waals surface area contributed by atoms with E-state index in [-0.39, 0.29) is 28.6 Å². The molecule has 1 rings (SSSR count). The van der Waals surface area contributed by atoms with Gasteiger partial charge in [-0.25, -0.2) is 0 Å². The molecule has 0 atom stereocenters. The highest BCUT2D eigenvalue weighted by Gasteiger charge is 2.22. The van der Waals surface area contributed by atoms with Crippen LogP contribution < -0.4 is 10.1 Å². The SMILES string of the molecule is CCCC(=O)c1c(OC)cc(O)c(CCNC)c1O. The van der Waals surface area contributed by atoms with E-state index < -0.39 is 0 Å². The van der Waals surface area contributed by atoms with Crippen molar-refractivity contribution in [2.45, 2.75) is 26.2 Å². The number of benzene rings is 1. The van der Waals surface area contributed by atoms with Gasteiger partial charge in [0, 0.05) is 18.1 Å². The molecule has 19 heavy (non-hydrogen) atoms. The highest BCUT2D eigenvalue weighted by atomic mass is 16.5. The van der Waals surface area contributed by atoms with E-state index in [9.17, 15) is 15.0 Å².